The summed E-state index contributed by atoms with van der Waals surface area (Å²) in [5.74, 6) is -0.0207. The van der Waals surface area contributed by atoms with Gasteiger partial charge < -0.3 is 15.0 Å². The topological polar surface area (TPSA) is 121 Å². The van der Waals surface area contributed by atoms with Gasteiger partial charge in [0.15, 0.2) is 0 Å². The minimum Gasteiger partial charge on any atom is -0.379 e. The summed E-state index contributed by atoms with van der Waals surface area (Å²) in [4.78, 5) is 32.2. The average molecular weight is 483 g/mol. The number of aromatic nitrogens is 2. The number of aryl methyl sites for hydroxylation is 2. The summed E-state index contributed by atoms with van der Waals surface area (Å²) in [6.07, 6.45) is 0.621. The number of nitrogens with zero attached hydrogens (tertiary/aromatic N) is 2. The van der Waals surface area contributed by atoms with Crippen molar-refractivity contribution >= 4 is 21.6 Å². The van der Waals surface area contributed by atoms with Gasteiger partial charge in [0.1, 0.15) is 5.82 Å². The van der Waals surface area contributed by atoms with Gasteiger partial charge in [-0.2, -0.15) is 4.31 Å². The van der Waals surface area contributed by atoms with E-state index in [0.29, 0.717) is 48.0 Å². The van der Waals surface area contributed by atoms with Gasteiger partial charge in [0.2, 0.25) is 10.0 Å². The maximum atomic E-state index is 13.1. The van der Waals surface area contributed by atoms with Crippen molar-refractivity contribution in [2.24, 2.45) is 0 Å². The lowest BCUT2D eigenvalue weighted by atomic mass is 10.1. The summed E-state index contributed by atoms with van der Waals surface area (Å²) in [6.45, 7) is 4.91. The normalized spacial score (nSPS) is 14.6. The molecule has 0 spiro atoms. The van der Waals surface area contributed by atoms with E-state index in [1.807, 2.05) is 6.92 Å². The van der Waals surface area contributed by atoms with Gasteiger partial charge in [0.25, 0.3) is 11.5 Å². The largest absolute Gasteiger partial charge is 0.379 e. The molecule has 2 N–H and O–H groups in total. The standard InChI is InChI=1S/C24H26N4O5S/c1-3-18-14-22(29)27-23(25-18)17-5-4-6-19(13-17)26-24(30)21-15-20(8-7-16(21)2)34(31,32)28-9-11-33-12-10-28/h4-8,13-15H,3,9-12H2,1-2H3,(H,26,30)(H,25,27,29). The Bertz CT molecular complexity index is 1380. The van der Waals surface area contributed by atoms with Crippen molar-refractivity contribution in [3.8, 4) is 11.4 Å². The number of amides is 1. The maximum absolute atomic E-state index is 13.1. The fourth-order valence-electron chi connectivity index (χ4n) is 3.71. The van der Waals surface area contributed by atoms with Crippen molar-refractivity contribution in [2.75, 3.05) is 31.6 Å². The van der Waals surface area contributed by atoms with Crippen LogP contribution in [0.15, 0.2) is 58.2 Å². The monoisotopic (exact) mass is 482 g/mol. The van der Waals surface area contributed by atoms with Crippen LogP contribution in [0.1, 0.15) is 28.5 Å². The third-order valence-electron chi connectivity index (χ3n) is 5.61. The molecule has 1 saturated heterocycles. The molecule has 3 aromatic rings. The lowest BCUT2D eigenvalue weighted by Crippen LogP contribution is -2.40. The molecule has 2 aromatic carbocycles. The molecule has 10 heteroatoms. The van der Waals surface area contributed by atoms with Crippen LogP contribution in [0.25, 0.3) is 11.4 Å². The Morgan fingerprint density at radius 3 is 2.65 bits per heavy atom. The van der Waals surface area contributed by atoms with Gasteiger partial charge in [-0.25, -0.2) is 13.4 Å². The lowest BCUT2D eigenvalue weighted by molar-refractivity contribution is 0.0730. The van der Waals surface area contributed by atoms with Gasteiger partial charge in [-0.1, -0.05) is 25.1 Å². The molecule has 1 aliphatic heterocycles. The highest BCUT2D eigenvalue weighted by Crippen LogP contribution is 2.23. The molecule has 4 rings (SSSR count). The van der Waals surface area contributed by atoms with E-state index in [1.54, 1.807) is 37.3 Å². The van der Waals surface area contributed by atoms with Gasteiger partial charge in [-0.15, -0.1) is 0 Å². The zero-order valence-corrected chi connectivity index (χ0v) is 19.8. The summed E-state index contributed by atoms with van der Waals surface area (Å²) in [6, 6.07) is 13.0. The van der Waals surface area contributed by atoms with Crippen LogP contribution in [0.3, 0.4) is 0 Å². The van der Waals surface area contributed by atoms with E-state index in [-0.39, 0.29) is 29.1 Å². The molecule has 0 saturated carbocycles. The second-order valence-corrected chi connectivity index (χ2v) is 9.90. The predicted molar refractivity (Wildman–Crippen MR) is 128 cm³/mol. The van der Waals surface area contributed by atoms with Crippen LogP contribution in [-0.2, 0) is 21.2 Å². The first kappa shape index (κ1) is 23.8. The Hall–Kier alpha value is -3.34. The van der Waals surface area contributed by atoms with Gasteiger partial charge in [-0.3, -0.25) is 9.59 Å². The first-order chi connectivity index (χ1) is 16.3. The SMILES string of the molecule is CCc1cc(=O)[nH]c(-c2cccc(NC(=O)c3cc(S(=O)(=O)N4CCOCC4)ccc3C)c2)n1. The molecule has 1 aliphatic rings. The molecular formula is C24H26N4O5S. The lowest BCUT2D eigenvalue weighted by Gasteiger charge is -2.26. The molecule has 0 bridgehead atoms. The summed E-state index contributed by atoms with van der Waals surface area (Å²) < 4.78 is 32.6. The van der Waals surface area contributed by atoms with Crippen molar-refractivity contribution < 1.29 is 17.9 Å². The molecule has 0 unspecified atom stereocenters. The van der Waals surface area contributed by atoms with Crippen LogP contribution in [0, 0.1) is 6.92 Å². The zero-order valence-electron chi connectivity index (χ0n) is 19.0. The van der Waals surface area contributed by atoms with Crippen LogP contribution >= 0.6 is 0 Å². The number of ether oxygens (including phenoxy) is 1. The minimum atomic E-state index is -3.73. The van der Waals surface area contributed by atoms with Gasteiger partial charge in [-0.05, 0) is 43.2 Å². The van der Waals surface area contributed by atoms with Crippen molar-refractivity contribution in [1.82, 2.24) is 14.3 Å². The van der Waals surface area contributed by atoms with Crippen LogP contribution < -0.4 is 10.9 Å². The van der Waals surface area contributed by atoms with Crippen molar-refractivity contribution in [3.63, 3.8) is 0 Å². The average Bonchev–Trinajstić information content (AvgIpc) is 2.84. The highest BCUT2D eigenvalue weighted by molar-refractivity contribution is 7.89. The Kier molecular flexibility index (Phi) is 6.92. The molecule has 178 valence electrons. The van der Waals surface area contributed by atoms with Crippen molar-refractivity contribution in [3.05, 3.63) is 75.7 Å². The van der Waals surface area contributed by atoms with E-state index >= 15 is 0 Å². The number of rotatable bonds is 6. The number of carbonyl (C=O) groups excluding carboxylic acids is 1. The number of nitrogens with one attached hydrogen (secondary N) is 2. The molecule has 1 aromatic heterocycles. The summed E-state index contributed by atoms with van der Waals surface area (Å²) in [7, 11) is -3.73. The van der Waals surface area contributed by atoms with Gasteiger partial charge in [0.05, 0.1) is 18.1 Å². The van der Waals surface area contributed by atoms with Gasteiger partial charge >= 0.3 is 0 Å². The van der Waals surface area contributed by atoms with E-state index in [2.05, 4.69) is 15.3 Å². The molecule has 0 aliphatic carbocycles. The number of sulfonamides is 1. The van der Waals surface area contributed by atoms with E-state index in [4.69, 9.17) is 4.74 Å². The molecule has 1 amide bonds. The summed E-state index contributed by atoms with van der Waals surface area (Å²) in [5, 5.41) is 2.82. The minimum absolute atomic E-state index is 0.0667. The number of carbonyl (C=O) groups is 1. The maximum Gasteiger partial charge on any atom is 0.255 e. The van der Waals surface area contributed by atoms with Gasteiger partial charge in [0, 0.05) is 41.7 Å². The number of hydrogen-bond donors (Lipinski definition) is 2. The summed E-state index contributed by atoms with van der Waals surface area (Å²) >= 11 is 0. The number of anilines is 1. The fraction of sp³-hybridized carbons (Fsp3) is 0.292. The second kappa shape index (κ2) is 9.88. The van der Waals surface area contributed by atoms with E-state index in [9.17, 15) is 18.0 Å². The Balaban J connectivity index is 1.60. The van der Waals surface area contributed by atoms with Crippen LogP contribution in [0.4, 0.5) is 5.69 Å². The number of aromatic amines is 1. The Labute approximate surface area is 197 Å². The van der Waals surface area contributed by atoms with Crippen LogP contribution in [0.2, 0.25) is 0 Å². The zero-order chi connectivity index (χ0) is 24.3. The Morgan fingerprint density at radius 2 is 1.91 bits per heavy atom. The van der Waals surface area contributed by atoms with Crippen LogP contribution in [-0.4, -0.2) is 54.9 Å². The summed E-state index contributed by atoms with van der Waals surface area (Å²) in [5.41, 5.74) is 2.47. The molecule has 1 fully saturated rings. The van der Waals surface area contributed by atoms with Crippen molar-refractivity contribution in [1.29, 1.82) is 0 Å². The van der Waals surface area contributed by atoms with E-state index < -0.39 is 15.9 Å². The van der Waals surface area contributed by atoms with E-state index in [0.717, 1.165) is 0 Å². The quantitative estimate of drug-likeness (QED) is 0.557. The molecule has 2 heterocycles. The first-order valence-corrected chi connectivity index (χ1v) is 12.4. The number of benzene rings is 2. The number of hydrogen-bond acceptors (Lipinski definition) is 6. The molecule has 0 radical (unpaired) electrons. The highest BCUT2D eigenvalue weighted by atomic mass is 32.2. The third-order valence-corrected chi connectivity index (χ3v) is 7.51. The van der Waals surface area contributed by atoms with Crippen molar-refractivity contribution in [2.45, 2.75) is 25.2 Å². The highest BCUT2D eigenvalue weighted by Gasteiger charge is 2.27. The molecule has 34 heavy (non-hydrogen) atoms. The smallest absolute Gasteiger partial charge is 0.255 e. The number of H-pyrrole nitrogens is 1. The first-order valence-electron chi connectivity index (χ1n) is 11.0. The number of morpholine rings is 1. The fourth-order valence-corrected chi connectivity index (χ4v) is 5.15. The third kappa shape index (κ3) is 5.09. The second-order valence-electron chi connectivity index (χ2n) is 7.97. The molecule has 0 atom stereocenters. The van der Waals surface area contributed by atoms with E-state index in [1.165, 1.54) is 22.5 Å². The molecular weight excluding hydrogens is 456 g/mol. The predicted octanol–water partition coefficient (Wildman–Crippen LogP) is 2.58. The molecule has 9 nitrogen and oxygen atoms in total. The Morgan fingerprint density at radius 1 is 1.15 bits per heavy atom. The van der Waals surface area contributed by atoms with Crippen LogP contribution in [0.5, 0.6) is 0 Å².